The molecule has 1 N–H and O–H groups in total. The molecule has 0 aliphatic heterocycles. The van der Waals surface area contributed by atoms with Crippen LogP contribution in [0.2, 0.25) is 0 Å². The van der Waals surface area contributed by atoms with Crippen molar-refractivity contribution in [2.45, 2.75) is 46.2 Å². The van der Waals surface area contributed by atoms with E-state index in [4.69, 9.17) is 0 Å². The first-order valence-electron chi connectivity index (χ1n) is 7.56. The average molecular weight is 271 g/mol. The summed E-state index contributed by atoms with van der Waals surface area (Å²) >= 11 is 0. The van der Waals surface area contributed by atoms with E-state index in [0.29, 0.717) is 6.04 Å². The van der Waals surface area contributed by atoms with Crippen molar-refractivity contribution in [3.05, 3.63) is 53.3 Å². The zero-order valence-electron chi connectivity index (χ0n) is 12.8. The highest BCUT2D eigenvalue weighted by atomic mass is 15.3. The van der Waals surface area contributed by atoms with Gasteiger partial charge in [-0.15, -0.1) is 0 Å². The predicted octanol–water partition coefficient (Wildman–Crippen LogP) is 3.49. The summed E-state index contributed by atoms with van der Waals surface area (Å²) < 4.78 is 2.11. The van der Waals surface area contributed by atoms with Crippen LogP contribution in [-0.2, 0) is 13.0 Å². The predicted molar refractivity (Wildman–Crippen MR) is 83.8 cm³/mol. The summed E-state index contributed by atoms with van der Waals surface area (Å²) in [5.74, 6) is 0. The van der Waals surface area contributed by atoms with Crippen molar-refractivity contribution in [3.8, 4) is 0 Å². The number of aryl methyl sites for hydroxylation is 2. The van der Waals surface area contributed by atoms with Crippen LogP contribution in [0.25, 0.3) is 0 Å². The first kappa shape index (κ1) is 14.8. The molecule has 108 valence electrons. The van der Waals surface area contributed by atoms with Gasteiger partial charge >= 0.3 is 0 Å². The van der Waals surface area contributed by atoms with Gasteiger partial charge in [0.1, 0.15) is 0 Å². The van der Waals surface area contributed by atoms with Gasteiger partial charge < -0.3 is 5.32 Å². The second kappa shape index (κ2) is 7.25. The Morgan fingerprint density at radius 2 is 1.95 bits per heavy atom. The van der Waals surface area contributed by atoms with Crippen LogP contribution in [0.15, 0.2) is 36.4 Å². The van der Waals surface area contributed by atoms with E-state index in [2.05, 4.69) is 72.3 Å². The molecule has 0 aliphatic carbocycles. The summed E-state index contributed by atoms with van der Waals surface area (Å²) in [5.41, 5.74) is 3.76. The van der Waals surface area contributed by atoms with Crippen molar-refractivity contribution >= 4 is 0 Å². The summed E-state index contributed by atoms with van der Waals surface area (Å²) in [6, 6.07) is 13.3. The lowest BCUT2D eigenvalue weighted by atomic mass is 10.0. The molecule has 1 unspecified atom stereocenters. The number of hydrogen-bond donors (Lipinski definition) is 1. The first-order chi connectivity index (χ1) is 9.74. The third-order valence-corrected chi connectivity index (χ3v) is 3.54. The van der Waals surface area contributed by atoms with Gasteiger partial charge in [-0.2, -0.15) is 5.10 Å². The summed E-state index contributed by atoms with van der Waals surface area (Å²) in [7, 11) is 0. The average Bonchev–Trinajstić information content (AvgIpc) is 2.84. The highest BCUT2D eigenvalue weighted by Crippen LogP contribution is 2.19. The minimum absolute atomic E-state index is 0.359. The fraction of sp³-hybridized carbons (Fsp3) is 0.471. The van der Waals surface area contributed by atoms with Crippen molar-refractivity contribution in [1.82, 2.24) is 15.1 Å². The van der Waals surface area contributed by atoms with Gasteiger partial charge in [0.2, 0.25) is 0 Å². The lowest BCUT2D eigenvalue weighted by Crippen LogP contribution is -2.25. The van der Waals surface area contributed by atoms with Crippen LogP contribution < -0.4 is 5.32 Å². The van der Waals surface area contributed by atoms with Crippen LogP contribution in [0.4, 0.5) is 0 Å². The maximum Gasteiger partial charge on any atom is 0.0596 e. The van der Waals surface area contributed by atoms with E-state index in [1.165, 1.54) is 11.3 Å². The number of rotatable bonds is 7. The quantitative estimate of drug-likeness (QED) is 0.835. The fourth-order valence-electron chi connectivity index (χ4n) is 2.56. The van der Waals surface area contributed by atoms with Crippen LogP contribution in [0.1, 0.15) is 43.3 Å². The zero-order chi connectivity index (χ0) is 14.4. The van der Waals surface area contributed by atoms with Crippen LogP contribution in [-0.4, -0.2) is 16.3 Å². The normalized spacial score (nSPS) is 12.6. The minimum Gasteiger partial charge on any atom is -0.310 e. The second-order valence-electron chi connectivity index (χ2n) is 5.21. The Bertz CT molecular complexity index is 516. The molecular formula is C17H25N3. The Morgan fingerprint density at radius 3 is 2.60 bits per heavy atom. The molecule has 1 aromatic carbocycles. The van der Waals surface area contributed by atoms with Gasteiger partial charge in [0.25, 0.3) is 0 Å². The molecule has 0 fully saturated rings. The van der Waals surface area contributed by atoms with Gasteiger partial charge in [0.05, 0.1) is 5.69 Å². The molecule has 0 bridgehead atoms. The Kier molecular flexibility index (Phi) is 5.36. The monoisotopic (exact) mass is 271 g/mol. The van der Waals surface area contributed by atoms with E-state index >= 15 is 0 Å². The lowest BCUT2D eigenvalue weighted by Gasteiger charge is -2.19. The molecule has 1 heterocycles. The van der Waals surface area contributed by atoms with Crippen molar-refractivity contribution in [2.24, 2.45) is 0 Å². The van der Waals surface area contributed by atoms with Gasteiger partial charge in [0.15, 0.2) is 0 Å². The van der Waals surface area contributed by atoms with Crippen molar-refractivity contribution in [3.63, 3.8) is 0 Å². The highest BCUT2D eigenvalue weighted by Gasteiger charge is 2.14. The smallest absolute Gasteiger partial charge is 0.0596 e. The molecule has 0 aliphatic rings. The zero-order valence-corrected chi connectivity index (χ0v) is 12.8. The fourth-order valence-corrected chi connectivity index (χ4v) is 2.56. The van der Waals surface area contributed by atoms with E-state index in [1.54, 1.807) is 0 Å². The third-order valence-electron chi connectivity index (χ3n) is 3.54. The highest BCUT2D eigenvalue weighted by molar-refractivity contribution is 5.22. The molecule has 1 atom stereocenters. The Balaban J connectivity index is 2.19. The van der Waals surface area contributed by atoms with E-state index in [0.717, 1.165) is 31.6 Å². The number of aromatic nitrogens is 2. The SMILES string of the molecule is CCCNC(Cc1cc(C)nn1CC)c1ccccc1. The summed E-state index contributed by atoms with van der Waals surface area (Å²) in [5, 5.41) is 8.20. The molecule has 0 saturated heterocycles. The second-order valence-corrected chi connectivity index (χ2v) is 5.21. The largest absolute Gasteiger partial charge is 0.310 e. The number of hydrogen-bond acceptors (Lipinski definition) is 2. The number of nitrogens with one attached hydrogen (secondary N) is 1. The van der Waals surface area contributed by atoms with Crippen LogP contribution >= 0.6 is 0 Å². The van der Waals surface area contributed by atoms with Crippen LogP contribution in [0.5, 0.6) is 0 Å². The first-order valence-corrected chi connectivity index (χ1v) is 7.56. The summed E-state index contributed by atoms with van der Waals surface area (Å²) in [6.07, 6.45) is 2.13. The Hall–Kier alpha value is -1.61. The molecule has 0 radical (unpaired) electrons. The van der Waals surface area contributed by atoms with Crippen molar-refractivity contribution < 1.29 is 0 Å². The van der Waals surface area contributed by atoms with E-state index < -0.39 is 0 Å². The molecule has 20 heavy (non-hydrogen) atoms. The standard InChI is InChI=1S/C17H25N3/c1-4-11-18-17(15-9-7-6-8-10-15)13-16-12-14(3)19-20(16)5-2/h6-10,12,17-18H,4-5,11,13H2,1-3H3. The van der Waals surface area contributed by atoms with Gasteiger partial charge in [-0.3, -0.25) is 4.68 Å². The molecule has 2 aromatic rings. The van der Waals surface area contributed by atoms with Gasteiger partial charge in [-0.05, 0) is 38.4 Å². The summed E-state index contributed by atoms with van der Waals surface area (Å²) in [6.45, 7) is 8.38. The van der Waals surface area contributed by atoms with E-state index in [9.17, 15) is 0 Å². The van der Waals surface area contributed by atoms with Crippen LogP contribution in [0.3, 0.4) is 0 Å². The molecule has 1 aromatic heterocycles. The molecule has 0 amide bonds. The maximum atomic E-state index is 4.55. The summed E-state index contributed by atoms with van der Waals surface area (Å²) in [4.78, 5) is 0. The number of nitrogens with zero attached hydrogens (tertiary/aromatic N) is 2. The minimum atomic E-state index is 0.359. The third kappa shape index (κ3) is 3.70. The molecular weight excluding hydrogens is 246 g/mol. The van der Waals surface area contributed by atoms with Crippen molar-refractivity contribution in [1.29, 1.82) is 0 Å². The van der Waals surface area contributed by atoms with Gasteiger partial charge in [-0.1, -0.05) is 37.3 Å². The maximum absolute atomic E-state index is 4.55. The topological polar surface area (TPSA) is 29.9 Å². The van der Waals surface area contributed by atoms with Gasteiger partial charge in [0, 0.05) is 24.7 Å². The lowest BCUT2D eigenvalue weighted by molar-refractivity contribution is 0.502. The Labute approximate surface area is 122 Å². The Morgan fingerprint density at radius 1 is 1.20 bits per heavy atom. The van der Waals surface area contributed by atoms with E-state index in [-0.39, 0.29) is 0 Å². The molecule has 2 rings (SSSR count). The molecule has 3 nitrogen and oxygen atoms in total. The van der Waals surface area contributed by atoms with Crippen LogP contribution in [0, 0.1) is 6.92 Å². The number of benzene rings is 1. The van der Waals surface area contributed by atoms with Crippen molar-refractivity contribution in [2.75, 3.05) is 6.54 Å². The van der Waals surface area contributed by atoms with Gasteiger partial charge in [-0.25, -0.2) is 0 Å². The molecule has 0 saturated carbocycles. The molecule has 0 spiro atoms. The molecule has 3 heteroatoms. The van der Waals surface area contributed by atoms with E-state index in [1.807, 2.05) is 0 Å².